The second kappa shape index (κ2) is 24.2. The number of phosphoric ester groups is 1. The second-order valence-electron chi connectivity index (χ2n) is 11.3. The van der Waals surface area contributed by atoms with E-state index in [9.17, 15) is 33.1 Å². The van der Waals surface area contributed by atoms with E-state index in [0.717, 1.165) is 11.0 Å². The Morgan fingerprint density at radius 1 is 1.11 bits per heavy atom. The van der Waals surface area contributed by atoms with E-state index in [1.165, 1.54) is 27.8 Å². The molecular formula is C26H45N4O17P3S4. The Morgan fingerprint density at radius 3 is 2.52 bits per heavy atom. The molecule has 2 unspecified atom stereocenters. The van der Waals surface area contributed by atoms with Gasteiger partial charge >= 0.3 is 35.3 Å². The highest BCUT2D eigenvalue weighted by Crippen LogP contribution is 2.66. The molecule has 54 heavy (non-hydrogen) atoms. The first-order chi connectivity index (χ1) is 25.3. The third-order valence-electron chi connectivity index (χ3n) is 6.52. The first kappa shape index (κ1) is 49.3. The molecule has 28 heteroatoms. The van der Waals surface area contributed by atoms with Crippen LogP contribution in [0.2, 0.25) is 0 Å². The van der Waals surface area contributed by atoms with E-state index >= 15 is 0 Å². The number of unbranched alkanes of at least 4 members (excludes halogenated alkanes) is 1. The van der Waals surface area contributed by atoms with Crippen molar-refractivity contribution >= 4 is 78.6 Å². The van der Waals surface area contributed by atoms with Crippen LogP contribution in [0.3, 0.4) is 0 Å². The number of carbonyl (C=O) groups is 1. The van der Waals surface area contributed by atoms with Gasteiger partial charge in [-0.05, 0) is 39.4 Å². The summed E-state index contributed by atoms with van der Waals surface area (Å²) in [5.74, 6) is 5.86. The highest BCUT2D eigenvalue weighted by molar-refractivity contribution is 8.77. The van der Waals surface area contributed by atoms with Gasteiger partial charge in [-0.25, -0.2) is 23.3 Å². The normalized spacial score (nSPS) is 19.7. The number of aromatic nitrogens is 2. The summed E-state index contributed by atoms with van der Waals surface area (Å²) in [4.78, 5) is 65.3. The smallest absolute Gasteiger partial charge is 0.450 e. The van der Waals surface area contributed by atoms with E-state index in [4.69, 9.17) is 43.7 Å². The van der Waals surface area contributed by atoms with Crippen molar-refractivity contribution in [2.45, 2.75) is 62.7 Å². The van der Waals surface area contributed by atoms with Crippen molar-refractivity contribution in [3.05, 3.63) is 22.2 Å². The number of hydrogen-bond donors (Lipinski definition) is 6. The van der Waals surface area contributed by atoms with Crippen molar-refractivity contribution in [2.75, 3.05) is 63.9 Å². The third-order valence-corrected chi connectivity index (χ3v) is 14.8. The van der Waals surface area contributed by atoms with Crippen molar-refractivity contribution in [3.8, 4) is 11.8 Å². The topological polar surface area (TPSA) is 296 Å². The van der Waals surface area contributed by atoms with Gasteiger partial charge in [0.2, 0.25) is 0 Å². The molecule has 5 atom stereocenters. The molecule has 1 aliphatic rings. The van der Waals surface area contributed by atoms with E-state index in [1.807, 2.05) is 0 Å². The summed E-state index contributed by atoms with van der Waals surface area (Å²) in [7, 11) is -9.04. The van der Waals surface area contributed by atoms with Crippen LogP contribution in [-0.2, 0) is 50.5 Å². The molecule has 0 aromatic carbocycles. The van der Waals surface area contributed by atoms with Crippen LogP contribution in [0.1, 0.15) is 51.3 Å². The van der Waals surface area contributed by atoms with Crippen LogP contribution in [0.25, 0.3) is 0 Å². The standard InChI is InChI=1S/C26H45N4O17P3S4/c1-26(2,9-13-40-3)54-53-17-41-11-5-6-12-42-25(32)28-10-7-8-19-15-30(24(31)29-23(19)27)22-14-20(43-18-52-51-4)21(45-22)16-44-49(36,37)47-50(38,39)46-48(33,34)35/h15,20-22H,5-6,9-14,16-18H2,1-4H3,(H,28,32)(H,36,37)(H,38,39)(H2,27,29,31)(H2,33,34,35)/t20-,21+,22+/m0/s1. The highest BCUT2D eigenvalue weighted by Gasteiger charge is 2.43. The van der Waals surface area contributed by atoms with Crippen LogP contribution in [0.5, 0.6) is 0 Å². The van der Waals surface area contributed by atoms with Crippen molar-refractivity contribution in [1.82, 2.24) is 14.9 Å². The summed E-state index contributed by atoms with van der Waals surface area (Å²) in [6, 6.07) is 0. The lowest BCUT2D eigenvalue weighted by Crippen LogP contribution is -2.29. The Morgan fingerprint density at radius 2 is 1.83 bits per heavy atom. The van der Waals surface area contributed by atoms with Crippen LogP contribution in [-0.4, -0.2) is 110 Å². The van der Waals surface area contributed by atoms with Crippen LogP contribution in [0, 0.1) is 11.8 Å². The number of anilines is 1. The average Bonchev–Trinajstić information content (AvgIpc) is 3.45. The van der Waals surface area contributed by atoms with Crippen molar-refractivity contribution in [2.24, 2.45) is 0 Å². The predicted molar refractivity (Wildman–Crippen MR) is 204 cm³/mol. The lowest BCUT2D eigenvalue weighted by molar-refractivity contribution is -0.0543. The summed E-state index contributed by atoms with van der Waals surface area (Å²) < 4.78 is 75.6. The van der Waals surface area contributed by atoms with Gasteiger partial charge in [0.25, 0.3) is 0 Å². The van der Waals surface area contributed by atoms with Gasteiger partial charge in [-0.3, -0.25) is 9.09 Å². The number of nitrogens with one attached hydrogen (secondary N) is 1. The Labute approximate surface area is 327 Å². The van der Waals surface area contributed by atoms with Gasteiger partial charge in [-0.15, -0.1) is 0 Å². The van der Waals surface area contributed by atoms with Crippen molar-refractivity contribution in [3.63, 3.8) is 0 Å². The molecule has 1 amide bonds. The SMILES string of the molecule is COCCC(C)(C)SSCOCCCCOC(=O)NCC#Cc1cn([C@H]2C[C@H](OCSSC)[C@@H](COP(=O)(O)OP(=O)(O)OP(=O)(O)O)O2)c(=O)nc1N. The molecule has 310 valence electrons. The highest BCUT2D eigenvalue weighted by atomic mass is 33.1. The molecule has 0 aliphatic carbocycles. The van der Waals surface area contributed by atoms with Gasteiger partial charge in [0, 0.05) is 37.7 Å². The quantitative estimate of drug-likeness (QED) is 0.0267. The number of carbonyl (C=O) groups excluding carboxylic acids is 1. The molecule has 7 N–H and O–H groups in total. The van der Waals surface area contributed by atoms with E-state index in [2.05, 4.69) is 44.6 Å². The van der Waals surface area contributed by atoms with Crippen molar-refractivity contribution in [1.29, 1.82) is 0 Å². The fourth-order valence-electron chi connectivity index (χ4n) is 4.06. The van der Waals surface area contributed by atoms with Gasteiger partial charge in [0.15, 0.2) is 0 Å². The molecule has 0 saturated carbocycles. The minimum Gasteiger partial charge on any atom is -0.450 e. The molecule has 1 aromatic rings. The Hall–Kier alpha value is -0.840. The Balaban J connectivity index is 1.89. The zero-order chi connectivity index (χ0) is 40.4. The number of rotatable bonds is 25. The summed E-state index contributed by atoms with van der Waals surface area (Å²) in [5, 5.41) is 2.49. The Kier molecular flexibility index (Phi) is 22.1. The summed E-state index contributed by atoms with van der Waals surface area (Å²) in [5.41, 5.74) is 5.17. The lowest BCUT2D eigenvalue weighted by atomic mass is 10.1. The number of hydrogen-bond acceptors (Lipinski definition) is 19. The van der Waals surface area contributed by atoms with E-state index < -0.39 is 60.3 Å². The molecule has 0 bridgehead atoms. The van der Waals surface area contributed by atoms with Gasteiger partial charge in [-0.1, -0.05) is 55.0 Å². The van der Waals surface area contributed by atoms with Gasteiger partial charge in [0.1, 0.15) is 30.0 Å². The first-order valence-corrected chi connectivity index (χ1v) is 25.2. The molecular weight excluding hydrogens is 861 g/mol. The fourth-order valence-corrected chi connectivity index (χ4v) is 10.1. The number of nitrogen functional groups attached to an aromatic ring is 1. The van der Waals surface area contributed by atoms with Gasteiger partial charge in [0.05, 0.1) is 31.4 Å². The van der Waals surface area contributed by atoms with Crippen LogP contribution >= 0.6 is 66.6 Å². The first-order valence-electron chi connectivity index (χ1n) is 15.6. The van der Waals surface area contributed by atoms with Gasteiger partial charge in [-0.2, -0.15) is 13.6 Å². The third kappa shape index (κ3) is 20.5. The number of nitrogens with zero attached hydrogens (tertiary/aromatic N) is 2. The van der Waals surface area contributed by atoms with Crippen LogP contribution < -0.4 is 16.7 Å². The lowest BCUT2D eigenvalue weighted by Gasteiger charge is -2.22. The second-order valence-corrected chi connectivity index (χ2v) is 21.2. The zero-order valence-corrected chi connectivity index (χ0v) is 35.6. The maximum atomic E-state index is 12.8. The van der Waals surface area contributed by atoms with Gasteiger partial charge < -0.3 is 54.3 Å². The molecule has 0 spiro atoms. The molecule has 1 fully saturated rings. The minimum atomic E-state index is -5.74. The van der Waals surface area contributed by atoms with E-state index in [-0.39, 0.29) is 41.6 Å². The molecule has 2 heterocycles. The van der Waals surface area contributed by atoms with E-state index in [0.29, 0.717) is 32.0 Å². The summed E-state index contributed by atoms with van der Waals surface area (Å²) in [6.45, 7) is 4.78. The molecule has 1 saturated heterocycles. The number of methoxy groups -OCH3 is 1. The molecule has 2 rings (SSSR count). The summed E-state index contributed by atoms with van der Waals surface area (Å²) >= 11 is 0. The Bertz CT molecular complexity index is 1610. The molecule has 1 aliphatic heterocycles. The van der Waals surface area contributed by atoms with E-state index in [1.54, 1.807) is 35.0 Å². The number of amides is 1. The maximum Gasteiger partial charge on any atom is 0.490 e. The number of alkyl carbamates (subject to hydrolysis) is 1. The number of nitrogens with two attached hydrogens (primary N) is 1. The molecule has 21 nitrogen and oxygen atoms in total. The van der Waals surface area contributed by atoms with Crippen LogP contribution in [0.15, 0.2) is 11.0 Å². The average molecular weight is 907 g/mol. The van der Waals surface area contributed by atoms with Crippen LogP contribution in [0.4, 0.5) is 10.6 Å². The largest absolute Gasteiger partial charge is 0.490 e. The fraction of sp³-hybridized carbons (Fsp3) is 0.731. The molecule has 1 aromatic heterocycles. The summed E-state index contributed by atoms with van der Waals surface area (Å²) in [6.07, 6.45) is 1.49. The zero-order valence-electron chi connectivity index (χ0n) is 29.6. The number of phosphoric acid groups is 3. The number of ether oxygens (including phenoxy) is 5. The monoisotopic (exact) mass is 906 g/mol. The predicted octanol–water partition coefficient (Wildman–Crippen LogP) is 3.84. The maximum absolute atomic E-state index is 12.8. The van der Waals surface area contributed by atoms with Crippen molar-refractivity contribution < 1.29 is 74.9 Å². The molecule has 0 radical (unpaired) electrons. The minimum absolute atomic E-state index is 0.0110.